The van der Waals surface area contributed by atoms with Crippen LogP contribution in [0.15, 0.2) is 47.4 Å². The number of halogens is 1. The van der Waals surface area contributed by atoms with Crippen molar-refractivity contribution in [3.05, 3.63) is 63.2 Å². The third kappa shape index (κ3) is 5.61. The Kier molecular flexibility index (Phi) is 7.44. The fourth-order valence-electron chi connectivity index (χ4n) is 3.20. The number of ether oxygens (including phenoxy) is 1. The van der Waals surface area contributed by atoms with E-state index in [9.17, 15) is 28.1 Å². The third-order valence-corrected chi connectivity index (χ3v) is 6.95. The molecule has 0 spiro atoms. The molecular weight excluding hydrogens is 462 g/mol. The average molecular weight is 482 g/mol. The van der Waals surface area contributed by atoms with Crippen molar-refractivity contribution in [2.45, 2.75) is 24.2 Å². The summed E-state index contributed by atoms with van der Waals surface area (Å²) in [5.41, 5.74) is -0.565. The number of hydrogen-bond donors (Lipinski definition) is 1. The molecular formula is C20H20ClN3O7S. The zero-order chi connectivity index (χ0) is 23.3. The van der Waals surface area contributed by atoms with Gasteiger partial charge in [-0.05, 0) is 49.2 Å². The first kappa shape index (κ1) is 23.6. The number of carbonyl (C=O) groups excluding carboxylic acids is 2. The van der Waals surface area contributed by atoms with E-state index in [1.807, 2.05) is 0 Å². The summed E-state index contributed by atoms with van der Waals surface area (Å²) in [6.07, 6.45) is 2.65. The quantitative estimate of drug-likeness (QED) is 0.364. The fraction of sp³-hybridized carbons (Fsp3) is 0.300. The van der Waals surface area contributed by atoms with Gasteiger partial charge >= 0.3 is 5.97 Å². The summed E-state index contributed by atoms with van der Waals surface area (Å²) in [5.74, 6) is -1.77. The van der Waals surface area contributed by atoms with Gasteiger partial charge in [0.15, 0.2) is 6.61 Å². The Morgan fingerprint density at radius 2 is 1.75 bits per heavy atom. The number of anilines is 1. The molecule has 2 aromatic rings. The Morgan fingerprint density at radius 1 is 1.09 bits per heavy atom. The van der Waals surface area contributed by atoms with E-state index < -0.39 is 39.1 Å². The lowest BCUT2D eigenvalue weighted by molar-refractivity contribution is -0.385. The molecule has 3 rings (SSSR count). The molecule has 1 saturated heterocycles. The summed E-state index contributed by atoms with van der Waals surface area (Å²) in [6, 6.07) is 9.05. The van der Waals surface area contributed by atoms with Gasteiger partial charge in [0, 0.05) is 29.9 Å². The number of hydrogen-bond acceptors (Lipinski definition) is 7. The number of carbonyl (C=O) groups is 2. The molecule has 0 bridgehead atoms. The number of sulfonamides is 1. The van der Waals surface area contributed by atoms with Crippen LogP contribution < -0.4 is 5.32 Å². The number of nitro groups is 1. The Hall–Kier alpha value is -3.02. The molecule has 1 aliphatic rings. The van der Waals surface area contributed by atoms with Gasteiger partial charge in [-0.3, -0.25) is 14.9 Å². The molecule has 0 unspecified atom stereocenters. The molecule has 12 heteroatoms. The lowest BCUT2D eigenvalue weighted by atomic mass is 10.2. The number of piperidine rings is 1. The standard InChI is InChI=1S/C20H20ClN3O7S/c21-14-4-9-18(24(27)28)17(12-14)20(26)31-13-19(25)22-15-5-7-16(8-6-15)32(29,30)23-10-2-1-3-11-23/h4-9,12H,1-3,10-11,13H2,(H,22,25). The van der Waals surface area contributed by atoms with Crippen LogP contribution in [-0.2, 0) is 19.6 Å². The molecule has 0 saturated carbocycles. The van der Waals surface area contributed by atoms with Gasteiger partial charge in [-0.1, -0.05) is 18.0 Å². The van der Waals surface area contributed by atoms with E-state index in [1.165, 1.54) is 34.6 Å². The highest BCUT2D eigenvalue weighted by Gasteiger charge is 2.26. The van der Waals surface area contributed by atoms with E-state index in [0.29, 0.717) is 18.8 Å². The number of nitro benzene ring substituents is 1. The lowest BCUT2D eigenvalue weighted by Crippen LogP contribution is -2.35. The van der Waals surface area contributed by atoms with Gasteiger partial charge in [0.25, 0.3) is 11.6 Å². The van der Waals surface area contributed by atoms with Crippen molar-refractivity contribution in [2.75, 3.05) is 25.0 Å². The molecule has 1 heterocycles. The molecule has 1 aliphatic heterocycles. The fourth-order valence-corrected chi connectivity index (χ4v) is 4.89. The van der Waals surface area contributed by atoms with Crippen molar-refractivity contribution in [1.82, 2.24) is 4.31 Å². The molecule has 0 radical (unpaired) electrons. The molecule has 1 N–H and O–H groups in total. The molecule has 0 aromatic heterocycles. The minimum absolute atomic E-state index is 0.103. The summed E-state index contributed by atoms with van der Waals surface area (Å²) in [4.78, 5) is 34.6. The van der Waals surface area contributed by atoms with Crippen molar-refractivity contribution in [2.24, 2.45) is 0 Å². The van der Waals surface area contributed by atoms with Crippen LogP contribution in [0.4, 0.5) is 11.4 Å². The number of benzene rings is 2. The monoisotopic (exact) mass is 481 g/mol. The number of nitrogens with one attached hydrogen (secondary N) is 1. The maximum absolute atomic E-state index is 12.7. The Labute approximate surface area is 189 Å². The van der Waals surface area contributed by atoms with Crippen LogP contribution in [0.1, 0.15) is 29.6 Å². The van der Waals surface area contributed by atoms with E-state index >= 15 is 0 Å². The Bertz CT molecular complexity index is 1130. The Morgan fingerprint density at radius 3 is 2.38 bits per heavy atom. The first-order valence-electron chi connectivity index (χ1n) is 9.69. The molecule has 10 nitrogen and oxygen atoms in total. The zero-order valence-corrected chi connectivity index (χ0v) is 18.4. The Balaban J connectivity index is 1.59. The van der Waals surface area contributed by atoms with Gasteiger partial charge in [0.2, 0.25) is 10.0 Å². The van der Waals surface area contributed by atoms with Crippen LogP contribution in [0.2, 0.25) is 5.02 Å². The summed E-state index contributed by atoms with van der Waals surface area (Å²) in [5, 5.41) is 13.6. The van der Waals surface area contributed by atoms with E-state index in [0.717, 1.165) is 31.4 Å². The maximum atomic E-state index is 12.7. The first-order chi connectivity index (χ1) is 15.2. The summed E-state index contributed by atoms with van der Waals surface area (Å²) in [6.45, 7) is 0.268. The van der Waals surface area contributed by atoms with Crippen LogP contribution in [0, 0.1) is 10.1 Å². The highest BCUT2D eigenvalue weighted by atomic mass is 35.5. The van der Waals surface area contributed by atoms with Crippen molar-refractivity contribution in [1.29, 1.82) is 0 Å². The van der Waals surface area contributed by atoms with Gasteiger partial charge in [0.1, 0.15) is 5.56 Å². The summed E-state index contributed by atoms with van der Waals surface area (Å²) < 4.78 is 31.6. The second-order valence-electron chi connectivity index (χ2n) is 7.03. The third-order valence-electron chi connectivity index (χ3n) is 4.80. The highest BCUT2D eigenvalue weighted by molar-refractivity contribution is 7.89. The van der Waals surface area contributed by atoms with Crippen molar-refractivity contribution in [3.63, 3.8) is 0 Å². The van der Waals surface area contributed by atoms with E-state index in [4.69, 9.17) is 16.3 Å². The van der Waals surface area contributed by atoms with Crippen molar-refractivity contribution >= 4 is 44.9 Å². The first-order valence-corrected chi connectivity index (χ1v) is 11.5. The predicted octanol–water partition coefficient (Wildman–Crippen LogP) is 3.22. The minimum atomic E-state index is -3.59. The molecule has 2 aromatic carbocycles. The van der Waals surface area contributed by atoms with Gasteiger partial charge in [-0.2, -0.15) is 4.31 Å². The van der Waals surface area contributed by atoms with Crippen LogP contribution in [0.25, 0.3) is 0 Å². The maximum Gasteiger partial charge on any atom is 0.345 e. The SMILES string of the molecule is O=C(COC(=O)c1cc(Cl)ccc1[N+](=O)[O-])Nc1ccc(S(=O)(=O)N2CCCCC2)cc1. The normalized spacial score (nSPS) is 14.5. The predicted molar refractivity (Wildman–Crippen MR) is 116 cm³/mol. The highest BCUT2D eigenvalue weighted by Crippen LogP contribution is 2.24. The van der Waals surface area contributed by atoms with Crippen LogP contribution in [-0.4, -0.2) is 49.2 Å². The molecule has 0 aliphatic carbocycles. The van der Waals surface area contributed by atoms with Gasteiger partial charge in [-0.25, -0.2) is 13.2 Å². The topological polar surface area (TPSA) is 136 Å². The van der Waals surface area contributed by atoms with Crippen molar-refractivity contribution < 1.29 is 27.7 Å². The van der Waals surface area contributed by atoms with Gasteiger partial charge in [0.05, 0.1) is 9.82 Å². The molecule has 170 valence electrons. The molecule has 1 amide bonds. The van der Waals surface area contributed by atoms with Crippen LogP contribution in [0.3, 0.4) is 0 Å². The zero-order valence-electron chi connectivity index (χ0n) is 16.8. The van der Waals surface area contributed by atoms with Gasteiger partial charge in [-0.15, -0.1) is 0 Å². The number of nitrogens with zero attached hydrogens (tertiary/aromatic N) is 2. The summed E-state index contributed by atoms with van der Waals surface area (Å²) >= 11 is 5.77. The van der Waals surface area contributed by atoms with Gasteiger partial charge < -0.3 is 10.1 Å². The largest absolute Gasteiger partial charge is 0.452 e. The molecule has 32 heavy (non-hydrogen) atoms. The number of amides is 1. The molecule has 1 fully saturated rings. The lowest BCUT2D eigenvalue weighted by Gasteiger charge is -2.25. The number of rotatable bonds is 7. The van der Waals surface area contributed by atoms with Crippen LogP contribution in [0.5, 0.6) is 0 Å². The second-order valence-corrected chi connectivity index (χ2v) is 9.41. The van der Waals surface area contributed by atoms with Crippen molar-refractivity contribution in [3.8, 4) is 0 Å². The van der Waals surface area contributed by atoms with E-state index in [1.54, 1.807) is 0 Å². The average Bonchev–Trinajstić information content (AvgIpc) is 2.78. The number of esters is 1. The molecule has 0 atom stereocenters. The minimum Gasteiger partial charge on any atom is -0.452 e. The van der Waals surface area contributed by atoms with Crippen LogP contribution >= 0.6 is 11.6 Å². The van der Waals surface area contributed by atoms with E-state index in [-0.39, 0.29) is 15.5 Å². The summed E-state index contributed by atoms with van der Waals surface area (Å²) in [7, 11) is -3.59. The van der Waals surface area contributed by atoms with E-state index in [2.05, 4.69) is 5.32 Å². The second kappa shape index (κ2) is 10.1. The smallest absolute Gasteiger partial charge is 0.345 e.